The zero-order chi connectivity index (χ0) is 14.2. The molecule has 2 rings (SSSR count). The number of aryl methyl sites for hydroxylation is 1. The minimum Gasteiger partial charge on any atom is -0.330 e. The van der Waals surface area contributed by atoms with E-state index in [1.54, 1.807) is 14.1 Å². The molecule has 0 N–H and O–H groups in total. The van der Waals surface area contributed by atoms with Gasteiger partial charge in [0.05, 0.1) is 5.69 Å². The molecule has 0 amide bonds. The fourth-order valence-corrected chi connectivity index (χ4v) is 3.83. The molecule has 0 saturated carbocycles. The number of aromatic nitrogens is 2. The van der Waals surface area contributed by atoms with Crippen LogP contribution in [0.1, 0.15) is 50.5 Å². The highest BCUT2D eigenvalue weighted by Gasteiger charge is 2.32. The molecule has 6 heteroatoms. The molecule has 108 valence electrons. The van der Waals surface area contributed by atoms with Crippen LogP contribution in [0.4, 0.5) is 0 Å². The highest BCUT2D eigenvalue weighted by molar-refractivity contribution is 7.89. The molecule has 1 atom stereocenters. The minimum atomic E-state index is -3.45. The van der Waals surface area contributed by atoms with Gasteiger partial charge in [-0.05, 0) is 25.2 Å². The van der Waals surface area contributed by atoms with Crippen LogP contribution in [0.2, 0.25) is 0 Å². The number of hydrogen-bond acceptors (Lipinski definition) is 3. The van der Waals surface area contributed by atoms with Crippen LogP contribution in [-0.4, -0.2) is 36.4 Å². The SMILES string of the molecule is CCCc1nc(S(=O)(=O)N(C)C)c2n1CCCC2C. The van der Waals surface area contributed by atoms with Crippen molar-refractivity contribution in [2.24, 2.45) is 0 Å². The maximum atomic E-state index is 12.4. The van der Waals surface area contributed by atoms with Crippen molar-refractivity contribution < 1.29 is 8.42 Å². The first-order valence-corrected chi connectivity index (χ1v) is 8.35. The van der Waals surface area contributed by atoms with Gasteiger partial charge >= 0.3 is 0 Å². The lowest BCUT2D eigenvalue weighted by atomic mass is 9.98. The quantitative estimate of drug-likeness (QED) is 0.850. The van der Waals surface area contributed by atoms with Gasteiger partial charge in [-0.1, -0.05) is 13.8 Å². The standard InChI is InChI=1S/C13H23N3O2S/c1-5-7-11-14-13(19(17,18)15(3)4)12-10(2)8-6-9-16(11)12/h10H,5-9H2,1-4H3. The van der Waals surface area contributed by atoms with Crippen molar-refractivity contribution in [1.82, 2.24) is 13.9 Å². The second-order valence-corrected chi connectivity index (χ2v) is 7.52. The summed E-state index contributed by atoms with van der Waals surface area (Å²) in [6.07, 6.45) is 3.95. The van der Waals surface area contributed by atoms with Crippen LogP contribution in [0.15, 0.2) is 5.03 Å². The molecule has 1 aliphatic heterocycles. The van der Waals surface area contributed by atoms with Crippen LogP contribution >= 0.6 is 0 Å². The summed E-state index contributed by atoms with van der Waals surface area (Å²) in [5.74, 6) is 1.18. The summed E-state index contributed by atoms with van der Waals surface area (Å²) >= 11 is 0. The minimum absolute atomic E-state index is 0.261. The Balaban J connectivity index is 2.62. The Morgan fingerprint density at radius 2 is 2.11 bits per heavy atom. The molecule has 0 bridgehead atoms. The van der Waals surface area contributed by atoms with E-state index >= 15 is 0 Å². The van der Waals surface area contributed by atoms with E-state index in [0.29, 0.717) is 0 Å². The number of sulfonamides is 1. The molecule has 0 saturated heterocycles. The molecule has 1 unspecified atom stereocenters. The van der Waals surface area contributed by atoms with Crippen LogP contribution < -0.4 is 0 Å². The molecule has 5 nitrogen and oxygen atoms in total. The fourth-order valence-electron chi connectivity index (χ4n) is 2.69. The predicted molar refractivity (Wildman–Crippen MR) is 74.7 cm³/mol. The molecular formula is C13H23N3O2S. The lowest BCUT2D eigenvalue weighted by Crippen LogP contribution is -2.25. The van der Waals surface area contributed by atoms with Crippen LogP contribution in [0.5, 0.6) is 0 Å². The predicted octanol–water partition coefficient (Wildman–Crippen LogP) is 1.98. The van der Waals surface area contributed by atoms with E-state index in [0.717, 1.165) is 43.7 Å². The van der Waals surface area contributed by atoms with Gasteiger partial charge in [0.2, 0.25) is 0 Å². The lowest BCUT2D eigenvalue weighted by Gasteiger charge is -2.23. The third kappa shape index (κ3) is 2.43. The van der Waals surface area contributed by atoms with Crippen molar-refractivity contribution in [2.75, 3.05) is 14.1 Å². The lowest BCUT2D eigenvalue weighted by molar-refractivity contribution is 0.452. The maximum Gasteiger partial charge on any atom is 0.261 e. The van der Waals surface area contributed by atoms with Crippen molar-refractivity contribution in [1.29, 1.82) is 0 Å². The highest BCUT2D eigenvalue weighted by atomic mass is 32.2. The van der Waals surface area contributed by atoms with Crippen molar-refractivity contribution in [3.05, 3.63) is 11.5 Å². The van der Waals surface area contributed by atoms with E-state index in [4.69, 9.17) is 0 Å². The Hall–Kier alpha value is -0.880. The average molecular weight is 285 g/mol. The zero-order valence-electron chi connectivity index (χ0n) is 12.2. The van der Waals surface area contributed by atoms with Crippen LogP contribution in [0, 0.1) is 0 Å². The summed E-state index contributed by atoms with van der Waals surface area (Å²) in [6.45, 7) is 5.08. The van der Waals surface area contributed by atoms with E-state index in [1.165, 1.54) is 4.31 Å². The normalized spacial score (nSPS) is 19.7. The Kier molecular flexibility index (Phi) is 4.01. The molecular weight excluding hydrogens is 262 g/mol. The van der Waals surface area contributed by atoms with E-state index in [-0.39, 0.29) is 10.9 Å². The number of imidazole rings is 1. The van der Waals surface area contributed by atoms with Crippen LogP contribution in [0.25, 0.3) is 0 Å². The summed E-state index contributed by atoms with van der Waals surface area (Å²) in [5, 5.41) is 0.271. The molecule has 1 aromatic heterocycles. The first-order chi connectivity index (χ1) is 8.89. The zero-order valence-corrected chi connectivity index (χ0v) is 13.0. The third-order valence-electron chi connectivity index (χ3n) is 3.74. The second kappa shape index (κ2) is 5.25. The molecule has 19 heavy (non-hydrogen) atoms. The third-order valence-corrected chi connectivity index (χ3v) is 5.49. The van der Waals surface area contributed by atoms with Gasteiger partial charge in [-0.2, -0.15) is 0 Å². The topological polar surface area (TPSA) is 55.2 Å². The summed E-state index contributed by atoms with van der Waals surface area (Å²) in [7, 11) is -0.320. The molecule has 1 aliphatic rings. The first kappa shape index (κ1) is 14.5. The average Bonchev–Trinajstić information content (AvgIpc) is 2.71. The Labute approximate surface area is 115 Å². The smallest absolute Gasteiger partial charge is 0.261 e. The summed E-state index contributed by atoms with van der Waals surface area (Å²) in [4.78, 5) is 4.46. The molecule has 0 aliphatic carbocycles. The molecule has 2 heterocycles. The first-order valence-electron chi connectivity index (χ1n) is 6.91. The number of hydrogen-bond donors (Lipinski definition) is 0. The van der Waals surface area contributed by atoms with Crippen molar-refractivity contribution >= 4 is 10.0 Å². The van der Waals surface area contributed by atoms with Gasteiger partial charge in [0, 0.05) is 27.1 Å². The number of fused-ring (bicyclic) bond motifs is 1. The Morgan fingerprint density at radius 3 is 2.68 bits per heavy atom. The van der Waals surface area contributed by atoms with E-state index in [9.17, 15) is 8.42 Å². The molecule has 0 radical (unpaired) electrons. The second-order valence-electron chi connectivity index (χ2n) is 5.45. The molecule has 0 aromatic carbocycles. The number of rotatable bonds is 4. The van der Waals surface area contributed by atoms with Gasteiger partial charge < -0.3 is 4.57 Å². The van der Waals surface area contributed by atoms with E-state index in [2.05, 4.69) is 23.4 Å². The van der Waals surface area contributed by atoms with Gasteiger partial charge in [-0.15, -0.1) is 0 Å². The monoisotopic (exact) mass is 285 g/mol. The summed E-state index contributed by atoms with van der Waals surface area (Å²) in [5.41, 5.74) is 0.906. The van der Waals surface area contributed by atoms with Gasteiger partial charge in [0.15, 0.2) is 5.03 Å². The van der Waals surface area contributed by atoms with Gasteiger partial charge in [0.1, 0.15) is 5.82 Å². The largest absolute Gasteiger partial charge is 0.330 e. The maximum absolute atomic E-state index is 12.4. The summed E-state index contributed by atoms with van der Waals surface area (Å²) < 4.78 is 28.2. The fraction of sp³-hybridized carbons (Fsp3) is 0.769. The van der Waals surface area contributed by atoms with Crippen molar-refractivity contribution in [3.8, 4) is 0 Å². The van der Waals surface area contributed by atoms with Gasteiger partial charge in [-0.3, -0.25) is 0 Å². The Bertz CT molecular complexity index is 561. The van der Waals surface area contributed by atoms with E-state index < -0.39 is 10.0 Å². The Morgan fingerprint density at radius 1 is 1.42 bits per heavy atom. The highest BCUT2D eigenvalue weighted by Crippen LogP contribution is 2.34. The van der Waals surface area contributed by atoms with Crippen LogP contribution in [0.3, 0.4) is 0 Å². The molecule has 0 fully saturated rings. The van der Waals surface area contributed by atoms with Gasteiger partial charge in [0.25, 0.3) is 10.0 Å². The van der Waals surface area contributed by atoms with Gasteiger partial charge in [-0.25, -0.2) is 17.7 Å². The van der Waals surface area contributed by atoms with E-state index in [1.807, 2.05) is 0 Å². The summed E-state index contributed by atoms with van der Waals surface area (Å²) in [6, 6.07) is 0. The molecule has 1 aromatic rings. The van der Waals surface area contributed by atoms with Crippen LogP contribution in [-0.2, 0) is 23.0 Å². The van der Waals surface area contributed by atoms with Crippen molar-refractivity contribution in [3.63, 3.8) is 0 Å². The molecule has 0 spiro atoms. The number of nitrogens with zero attached hydrogens (tertiary/aromatic N) is 3. The van der Waals surface area contributed by atoms with Crippen molar-refractivity contribution in [2.45, 2.75) is 57.0 Å².